The van der Waals surface area contributed by atoms with Crippen molar-refractivity contribution < 1.29 is 24.3 Å². The Bertz CT molecular complexity index is 775. The van der Waals surface area contributed by atoms with Crippen LogP contribution in [0.25, 0.3) is 0 Å². The molecule has 4 amide bonds. The van der Waals surface area contributed by atoms with Gasteiger partial charge in [-0.1, -0.05) is 6.07 Å². The van der Waals surface area contributed by atoms with E-state index in [1.54, 1.807) is 24.3 Å². The number of piperidine rings is 1. The summed E-state index contributed by atoms with van der Waals surface area (Å²) < 4.78 is 0. The number of benzene rings is 1. The largest absolute Gasteiger partial charge is 0.465 e. The molecule has 0 radical (unpaired) electrons. The lowest BCUT2D eigenvalue weighted by molar-refractivity contribution is -0.133. The van der Waals surface area contributed by atoms with Gasteiger partial charge in [0.25, 0.3) is 0 Å². The lowest BCUT2D eigenvalue weighted by Gasteiger charge is -2.32. The zero-order chi connectivity index (χ0) is 20.1. The van der Waals surface area contributed by atoms with Gasteiger partial charge in [0.05, 0.1) is 6.54 Å². The van der Waals surface area contributed by atoms with Crippen LogP contribution in [0, 0.1) is 0 Å². The molecule has 0 spiro atoms. The molecule has 1 aromatic rings. The first-order valence-corrected chi connectivity index (χ1v) is 9.11. The van der Waals surface area contributed by atoms with E-state index >= 15 is 0 Å². The van der Waals surface area contributed by atoms with Crippen LogP contribution in [0.1, 0.15) is 12.8 Å². The number of carboxylic acid groups (broad SMARTS) is 1. The van der Waals surface area contributed by atoms with Crippen molar-refractivity contribution in [3.05, 3.63) is 24.3 Å². The molecule has 4 N–H and O–H groups in total. The third-order valence-electron chi connectivity index (χ3n) is 4.74. The summed E-state index contributed by atoms with van der Waals surface area (Å²) >= 11 is 0. The Morgan fingerprint density at radius 1 is 1.14 bits per heavy atom. The molecule has 2 saturated heterocycles. The zero-order valence-electron chi connectivity index (χ0n) is 15.3. The molecule has 2 aliphatic heterocycles. The molecule has 2 fully saturated rings. The summed E-state index contributed by atoms with van der Waals surface area (Å²) in [7, 11) is 0. The van der Waals surface area contributed by atoms with E-state index in [4.69, 9.17) is 5.11 Å². The summed E-state index contributed by atoms with van der Waals surface area (Å²) in [5.74, 6) is -0.818. The first-order chi connectivity index (χ1) is 13.4. The molecule has 1 aromatic carbocycles. The average Bonchev–Trinajstić information content (AvgIpc) is 2.65. The first kappa shape index (κ1) is 19.6. The van der Waals surface area contributed by atoms with Crippen molar-refractivity contribution in [2.45, 2.75) is 18.9 Å². The average molecular weight is 389 g/mol. The second-order valence-electron chi connectivity index (χ2n) is 6.82. The number of carbonyl (C=O) groups is 4. The quantitative estimate of drug-likeness (QED) is 0.527. The van der Waals surface area contributed by atoms with Gasteiger partial charge in [-0.05, 0) is 24.6 Å². The summed E-state index contributed by atoms with van der Waals surface area (Å²) in [5.41, 5.74) is 1.26. The smallest absolute Gasteiger partial charge is 0.407 e. The van der Waals surface area contributed by atoms with Crippen LogP contribution in [-0.4, -0.2) is 77.5 Å². The topological polar surface area (TPSA) is 131 Å². The van der Waals surface area contributed by atoms with Crippen LogP contribution in [-0.2, 0) is 14.4 Å². The summed E-state index contributed by atoms with van der Waals surface area (Å²) in [6.45, 7) is 1.97. The molecule has 0 aromatic heterocycles. The van der Waals surface area contributed by atoms with Crippen molar-refractivity contribution in [2.24, 2.45) is 0 Å². The first-order valence-electron chi connectivity index (χ1n) is 9.11. The summed E-state index contributed by atoms with van der Waals surface area (Å²) in [4.78, 5) is 49.5. The fourth-order valence-corrected chi connectivity index (χ4v) is 3.22. The molecular weight excluding hydrogens is 366 g/mol. The summed E-state index contributed by atoms with van der Waals surface area (Å²) in [6, 6.07) is 6.52. The second kappa shape index (κ2) is 8.70. The molecule has 0 bridgehead atoms. The maximum Gasteiger partial charge on any atom is 0.407 e. The van der Waals surface area contributed by atoms with E-state index in [0.717, 1.165) is 0 Å². The highest BCUT2D eigenvalue weighted by atomic mass is 16.4. The highest BCUT2D eigenvalue weighted by molar-refractivity contribution is 6.01. The van der Waals surface area contributed by atoms with E-state index < -0.39 is 12.1 Å². The van der Waals surface area contributed by atoms with Crippen molar-refractivity contribution in [1.29, 1.82) is 0 Å². The molecule has 150 valence electrons. The van der Waals surface area contributed by atoms with Crippen LogP contribution >= 0.6 is 0 Å². The van der Waals surface area contributed by atoms with Gasteiger partial charge >= 0.3 is 6.09 Å². The fraction of sp³-hybridized carbons (Fsp3) is 0.444. The van der Waals surface area contributed by atoms with E-state index in [9.17, 15) is 19.2 Å². The Kier molecular flexibility index (Phi) is 6.09. The maximum atomic E-state index is 12.3. The van der Waals surface area contributed by atoms with Crippen molar-refractivity contribution in [2.75, 3.05) is 43.4 Å². The minimum absolute atomic E-state index is 0.179. The lowest BCUT2D eigenvalue weighted by atomic mass is 10.1. The van der Waals surface area contributed by atoms with Gasteiger partial charge in [0, 0.05) is 44.0 Å². The molecule has 2 aliphatic rings. The minimum atomic E-state index is -0.940. The van der Waals surface area contributed by atoms with E-state index in [2.05, 4.69) is 16.0 Å². The Morgan fingerprint density at radius 2 is 1.86 bits per heavy atom. The highest BCUT2D eigenvalue weighted by Crippen LogP contribution is 2.18. The van der Waals surface area contributed by atoms with Crippen LogP contribution in [0.5, 0.6) is 0 Å². The molecule has 1 atom stereocenters. The van der Waals surface area contributed by atoms with Gasteiger partial charge in [-0.25, -0.2) is 4.79 Å². The van der Waals surface area contributed by atoms with Crippen LogP contribution in [0.3, 0.4) is 0 Å². The molecule has 2 heterocycles. The second-order valence-corrected chi connectivity index (χ2v) is 6.82. The Labute approximate surface area is 161 Å². The third kappa shape index (κ3) is 5.19. The van der Waals surface area contributed by atoms with E-state index in [-0.39, 0.29) is 30.7 Å². The number of nitrogens with zero attached hydrogens (tertiary/aromatic N) is 2. The standard InChI is InChI=1S/C18H23N5O5/c24-15-5-4-14(17(26)21-15)19-12-2-1-3-13(10-12)20-16(25)11-22-6-8-23(9-7-22)18(27)28/h1-3,10,14,19H,4-9,11H2,(H,20,25)(H,27,28)(H,21,24,26)/t14-/m0/s1. The van der Waals surface area contributed by atoms with Gasteiger partial charge < -0.3 is 20.6 Å². The molecule has 0 saturated carbocycles. The number of hydrogen-bond acceptors (Lipinski definition) is 6. The summed E-state index contributed by atoms with van der Waals surface area (Å²) in [5, 5.41) is 17.1. The maximum absolute atomic E-state index is 12.3. The van der Waals surface area contributed by atoms with Crippen LogP contribution in [0.2, 0.25) is 0 Å². The number of nitrogens with one attached hydrogen (secondary N) is 3. The molecule has 0 aliphatic carbocycles. The highest BCUT2D eigenvalue weighted by Gasteiger charge is 2.26. The predicted molar refractivity (Wildman–Crippen MR) is 101 cm³/mol. The summed E-state index contributed by atoms with van der Waals surface area (Å²) in [6.07, 6.45) is -0.233. The number of imide groups is 1. The molecule has 10 heteroatoms. The molecule has 28 heavy (non-hydrogen) atoms. The Hall–Kier alpha value is -3.14. The SMILES string of the molecule is O=C1CC[C@H](Nc2cccc(NC(=O)CN3CCN(C(=O)O)CC3)c2)C(=O)N1. The number of piperazine rings is 1. The predicted octanol–water partition coefficient (Wildman–Crippen LogP) is 0.138. The number of rotatable bonds is 5. The van der Waals surface area contributed by atoms with Crippen molar-refractivity contribution >= 4 is 35.2 Å². The van der Waals surface area contributed by atoms with Crippen LogP contribution in [0.4, 0.5) is 16.2 Å². The number of carbonyl (C=O) groups excluding carboxylic acids is 3. The normalized spacial score (nSPS) is 20.4. The van der Waals surface area contributed by atoms with Gasteiger partial charge in [0.1, 0.15) is 6.04 Å². The monoisotopic (exact) mass is 389 g/mol. The van der Waals surface area contributed by atoms with Crippen molar-refractivity contribution in [3.8, 4) is 0 Å². The van der Waals surface area contributed by atoms with Gasteiger partial charge in [0.15, 0.2) is 0 Å². The molecule has 0 unspecified atom stereocenters. The minimum Gasteiger partial charge on any atom is -0.465 e. The zero-order valence-corrected chi connectivity index (χ0v) is 15.3. The van der Waals surface area contributed by atoms with E-state index in [1.807, 2.05) is 4.90 Å². The number of anilines is 2. The van der Waals surface area contributed by atoms with Crippen molar-refractivity contribution in [3.63, 3.8) is 0 Å². The van der Waals surface area contributed by atoms with Crippen LogP contribution < -0.4 is 16.0 Å². The van der Waals surface area contributed by atoms with Gasteiger partial charge in [0.2, 0.25) is 17.7 Å². The molecule has 3 rings (SSSR count). The molecular formula is C18H23N5O5. The van der Waals surface area contributed by atoms with Gasteiger partial charge in [-0.2, -0.15) is 0 Å². The molecule has 10 nitrogen and oxygen atoms in total. The van der Waals surface area contributed by atoms with Gasteiger partial charge in [-0.3, -0.25) is 24.6 Å². The third-order valence-corrected chi connectivity index (χ3v) is 4.74. The fourth-order valence-electron chi connectivity index (χ4n) is 3.22. The Balaban J connectivity index is 1.50. The lowest BCUT2D eigenvalue weighted by Crippen LogP contribution is -2.50. The van der Waals surface area contributed by atoms with E-state index in [0.29, 0.717) is 44.0 Å². The van der Waals surface area contributed by atoms with Crippen LogP contribution in [0.15, 0.2) is 24.3 Å². The van der Waals surface area contributed by atoms with E-state index in [1.165, 1.54) is 4.90 Å². The van der Waals surface area contributed by atoms with Crippen molar-refractivity contribution in [1.82, 2.24) is 15.1 Å². The Morgan fingerprint density at radius 3 is 2.54 bits per heavy atom. The number of amides is 4. The number of hydrogen-bond donors (Lipinski definition) is 4. The van der Waals surface area contributed by atoms with Gasteiger partial charge in [-0.15, -0.1) is 0 Å².